The maximum Gasteiger partial charge on any atom is 0.335 e. The predicted molar refractivity (Wildman–Crippen MR) is 87.8 cm³/mol. The van der Waals surface area contributed by atoms with E-state index in [0.717, 1.165) is 21.1 Å². The van der Waals surface area contributed by atoms with Crippen LogP contribution in [-0.2, 0) is 16.0 Å². The highest BCUT2D eigenvalue weighted by Crippen LogP contribution is 2.35. The molecule has 1 saturated heterocycles. The number of carbonyl (C=O) groups excluding carboxylic acids is 3. The Hall–Kier alpha value is -2.97. The second-order valence-corrected chi connectivity index (χ2v) is 6.52. The third kappa shape index (κ3) is 2.61. The van der Waals surface area contributed by atoms with Crippen molar-refractivity contribution in [2.45, 2.75) is 39.3 Å². The van der Waals surface area contributed by atoms with Gasteiger partial charge in [-0.1, -0.05) is 0 Å². The molecule has 0 aliphatic carbocycles. The second-order valence-electron chi connectivity index (χ2n) is 6.52. The van der Waals surface area contributed by atoms with Gasteiger partial charge >= 0.3 is 17.8 Å². The first-order valence-corrected chi connectivity index (χ1v) is 7.95. The lowest BCUT2D eigenvalue weighted by Crippen LogP contribution is -2.45. The molecule has 0 N–H and O–H groups in total. The standard InChI is InChI=1S/C16H18N4O5/c1-9(2)19-15(22)14(21)18(16(19)23)8-17-10(3)6-11-7-12(20(24)25)4-5-13(11)17/h4-5,7,9-10H,6,8H2,1-3H3/t10-/m0/s1. The number of carbonyl (C=O) groups is 3. The summed E-state index contributed by atoms with van der Waals surface area (Å²) in [6.45, 7) is 5.18. The van der Waals surface area contributed by atoms with Gasteiger partial charge in [0.05, 0.1) is 4.92 Å². The molecule has 2 heterocycles. The smallest absolute Gasteiger partial charge is 0.335 e. The molecule has 0 bridgehead atoms. The zero-order chi connectivity index (χ0) is 18.5. The van der Waals surface area contributed by atoms with Crippen LogP contribution >= 0.6 is 0 Å². The molecule has 2 aliphatic heterocycles. The van der Waals surface area contributed by atoms with Gasteiger partial charge in [-0.05, 0) is 38.8 Å². The van der Waals surface area contributed by atoms with Crippen LogP contribution in [0.5, 0.6) is 0 Å². The van der Waals surface area contributed by atoms with E-state index in [1.165, 1.54) is 12.1 Å². The van der Waals surface area contributed by atoms with Crippen molar-refractivity contribution in [3.63, 3.8) is 0 Å². The van der Waals surface area contributed by atoms with Crippen LogP contribution in [0.4, 0.5) is 16.2 Å². The summed E-state index contributed by atoms with van der Waals surface area (Å²) in [4.78, 5) is 50.7. The Morgan fingerprint density at radius 3 is 2.48 bits per heavy atom. The molecular formula is C16H18N4O5. The Labute approximate surface area is 143 Å². The summed E-state index contributed by atoms with van der Waals surface area (Å²) in [6, 6.07) is 3.42. The van der Waals surface area contributed by atoms with Crippen LogP contribution in [0.2, 0.25) is 0 Å². The number of nitro benzene ring substituents is 1. The predicted octanol–water partition coefficient (Wildman–Crippen LogP) is 1.50. The van der Waals surface area contributed by atoms with E-state index in [1.807, 2.05) is 11.8 Å². The molecule has 2 aliphatic rings. The van der Waals surface area contributed by atoms with Crippen LogP contribution in [-0.4, -0.2) is 51.3 Å². The van der Waals surface area contributed by atoms with E-state index in [9.17, 15) is 24.5 Å². The van der Waals surface area contributed by atoms with Gasteiger partial charge < -0.3 is 4.90 Å². The van der Waals surface area contributed by atoms with E-state index >= 15 is 0 Å². The van der Waals surface area contributed by atoms with Gasteiger partial charge in [0.15, 0.2) is 0 Å². The van der Waals surface area contributed by atoms with Crippen LogP contribution in [0.15, 0.2) is 18.2 Å². The van der Waals surface area contributed by atoms with E-state index in [2.05, 4.69) is 0 Å². The van der Waals surface area contributed by atoms with Crippen molar-refractivity contribution in [1.29, 1.82) is 0 Å². The molecule has 1 fully saturated rings. The Morgan fingerprint density at radius 1 is 1.24 bits per heavy atom. The molecule has 0 saturated carbocycles. The molecular weight excluding hydrogens is 328 g/mol. The number of nitrogens with zero attached hydrogens (tertiary/aromatic N) is 4. The lowest BCUT2D eigenvalue weighted by atomic mass is 10.1. The molecule has 1 aromatic rings. The summed E-state index contributed by atoms with van der Waals surface area (Å²) in [5.41, 5.74) is 1.52. The molecule has 1 atom stereocenters. The first kappa shape index (κ1) is 16.9. The zero-order valence-corrected chi connectivity index (χ0v) is 14.1. The first-order chi connectivity index (χ1) is 11.7. The quantitative estimate of drug-likeness (QED) is 0.354. The monoisotopic (exact) mass is 346 g/mol. The topological polar surface area (TPSA) is 104 Å². The number of nitro groups is 1. The molecule has 0 unspecified atom stereocenters. The molecule has 25 heavy (non-hydrogen) atoms. The van der Waals surface area contributed by atoms with Gasteiger partial charge in [-0.25, -0.2) is 9.69 Å². The van der Waals surface area contributed by atoms with Gasteiger partial charge in [-0.15, -0.1) is 0 Å². The third-order valence-electron chi connectivity index (χ3n) is 4.52. The van der Waals surface area contributed by atoms with Gasteiger partial charge in [0.25, 0.3) is 5.69 Å². The minimum atomic E-state index is -0.846. The van der Waals surface area contributed by atoms with Crippen LogP contribution in [0, 0.1) is 10.1 Å². The van der Waals surface area contributed by atoms with Crippen molar-refractivity contribution in [3.8, 4) is 0 Å². The molecule has 1 aromatic carbocycles. The number of urea groups is 1. The van der Waals surface area contributed by atoms with Crippen molar-refractivity contribution >= 4 is 29.2 Å². The summed E-state index contributed by atoms with van der Waals surface area (Å²) < 4.78 is 0. The number of hydrogen-bond acceptors (Lipinski definition) is 6. The van der Waals surface area contributed by atoms with Gasteiger partial charge in [-0.3, -0.25) is 24.6 Å². The number of hydrogen-bond donors (Lipinski definition) is 0. The minimum absolute atomic E-state index is 0.00212. The van der Waals surface area contributed by atoms with E-state index < -0.39 is 28.8 Å². The summed E-state index contributed by atoms with van der Waals surface area (Å²) in [7, 11) is 0. The first-order valence-electron chi connectivity index (χ1n) is 7.95. The fourth-order valence-corrected chi connectivity index (χ4v) is 3.27. The Kier molecular flexibility index (Phi) is 3.94. The SMILES string of the molecule is CC(C)N1C(=O)C(=O)N(CN2c3ccc([N+](=O)[O-])cc3C[C@@H]2C)C1=O. The second kappa shape index (κ2) is 5.83. The van der Waals surface area contributed by atoms with E-state index in [-0.39, 0.29) is 18.4 Å². The Morgan fingerprint density at radius 2 is 1.92 bits per heavy atom. The maximum atomic E-state index is 12.4. The summed E-state index contributed by atoms with van der Waals surface area (Å²) in [5.74, 6) is -1.67. The fourth-order valence-electron chi connectivity index (χ4n) is 3.27. The number of imide groups is 2. The van der Waals surface area contributed by atoms with Crippen molar-refractivity contribution in [1.82, 2.24) is 9.80 Å². The normalized spacial score (nSPS) is 20.1. The summed E-state index contributed by atoms with van der Waals surface area (Å²) in [6.07, 6.45) is 0.565. The molecule has 9 heteroatoms. The molecule has 0 aromatic heterocycles. The van der Waals surface area contributed by atoms with Gasteiger partial charge in [-0.2, -0.15) is 0 Å². The molecule has 132 valence electrons. The summed E-state index contributed by atoms with van der Waals surface area (Å²) >= 11 is 0. The highest BCUT2D eigenvalue weighted by Gasteiger charge is 2.47. The van der Waals surface area contributed by atoms with E-state index in [1.54, 1.807) is 19.9 Å². The highest BCUT2D eigenvalue weighted by molar-refractivity contribution is 6.44. The van der Waals surface area contributed by atoms with Gasteiger partial charge in [0.2, 0.25) is 0 Å². The van der Waals surface area contributed by atoms with Crippen molar-refractivity contribution < 1.29 is 19.3 Å². The number of anilines is 1. The van der Waals surface area contributed by atoms with Crippen LogP contribution in [0.1, 0.15) is 26.3 Å². The van der Waals surface area contributed by atoms with Gasteiger partial charge in [0.1, 0.15) is 6.67 Å². The van der Waals surface area contributed by atoms with Crippen LogP contribution in [0.25, 0.3) is 0 Å². The number of rotatable bonds is 4. The lowest BCUT2D eigenvalue weighted by molar-refractivity contribution is -0.384. The fraction of sp³-hybridized carbons (Fsp3) is 0.438. The van der Waals surface area contributed by atoms with Crippen molar-refractivity contribution in [2.24, 2.45) is 0 Å². The maximum absolute atomic E-state index is 12.4. The number of benzene rings is 1. The zero-order valence-electron chi connectivity index (χ0n) is 14.1. The average molecular weight is 346 g/mol. The number of amides is 4. The molecule has 9 nitrogen and oxygen atoms in total. The Bertz CT molecular complexity index is 791. The minimum Gasteiger partial charge on any atom is -0.350 e. The highest BCUT2D eigenvalue weighted by atomic mass is 16.6. The van der Waals surface area contributed by atoms with Crippen LogP contribution in [0.3, 0.4) is 0 Å². The number of fused-ring (bicyclic) bond motifs is 1. The molecule has 4 amide bonds. The van der Waals surface area contributed by atoms with Gasteiger partial charge in [0, 0.05) is 29.9 Å². The average Bonchev–Trinajstić information content (AvgIpc) is 2.95. The number of non-ortho nitro benzene ring substituents is 1. The van der Waals surface area contributed by atoms with E-state index in [4.69, 9.17) is 0 Å². The third-order valence-corrected chi connectivity index (χ3v) is 4.52. The molecule has 0 spiro atoms. The van der Waals surface area contributed by atoms with Crippen molar-refractivity contribution in [2.75, 3.05) is 11.6 Å². The van der Waals surface area contributed by atoms with Crippen molar-refractivity contribution in [3.05, 3.63) is 33.9 Å². The van der Waals surface area contributed by atoms with Crippen LogP contribution < -0.4 is 4.90 Å². The largest absolute Gasteiger partial charge is 0.350 e. The molecule has 0 radical (unpaired) electrons. The lowest BCUT2D eigenvalue weighted by Gasteiger charge is -2.28. The summed E-state index contributed by atoms with van der Waals surface area (Å²) in [5, 5.41) is 10.9. The molecule has 3 rings (SSSR count). The Balaban J connectivity index is 1.87. The van der Waals surface area contributed by atoms with E-state index in [0.29, 0.717) is 6.42 Å².